The first kappa shape index (κ1) is 6.20. The van der Waals surface area contributed by atoms with Gasteiger partial charge in [0.2, 0.25) is 5.91 Å². The zero-order valence-corrected chi connectivity index (χ0v) is 6.15. The molecule has 56 valence electrons. The van der Waals surface area contributed by atoms with Crippen molar-refractivity contribution in [3.05, 3.63) is 0 Å². The predicted octanol–water partition coefficient (Wildman–Crippen LogP) is 1.21. The van der Waals surface area contributed by atoms with Crippen LogP contribution in [0, 0.1) is 0 Å². The van der Waals surface area contributed by atoms with Crippen molar-refractivity contribution < 1.29 is 4.79 Å². The number of rotatable bonds is 0. The van der Waals surface area contributed by atoms with Crippen LogP contribution in [0.4, 0.5) is 0 Å². The Morgan fingerprint density at radius 3 is 2.70 bits per heavy atom. The largest absolute Gasteiger partial charge is 0.351 e. The maximum Gasteiger partial charge on any atom is 0.220 e. The minimum Gasteiger partial charge on any atom is -0.351 e. The van der Waals surface area contributed by atoms with Gasteiger partial charge in [0.15, 0.2) is 0 Å². The molecule has 1 saturated heterocycles. The van der Waals surface area contributed by atoms with Gasteiger partial charge in [0, 0.05) is 12.0 Å². The van der Waals surface area contributed by atoms with Gasteiger partial charge < -0.3 is 5.32 Å². The Bertz CT molecular complexity index is 161. The predicted molar refractivity (Wildman–Crippen MR) is 38.6 cm³/mol. The molecule has 2 aliphatic rings. The maximum atomic E-state index is 11.0. The van der Waals surface area contributed by atoms with Crippen LogP contribution in [0.3, 0.4) is 0 Å². The van der Waals surface area contributed by atoms with Gasteiger partial charge in [-0.1, -0.05) is 6.42 Å². The Hall–Kier alpha value is -0.530. The second-order valence-electron chi connectivity index (χ2n) is 3.54. The normalized spacial score (nSPS) is 29.4. The third-order valence-corrected chi connectivity index (χ3v) is 2.57. The summed E-state index contributed by atoms with van der Waals surface area (Å²) in [5, 5.41) is 3.09. The summed E-state index contributed by atoms with van der Waals surface area (Å²) in [6.07, 6.45) is 6.74. The van der Waals surface area contributed by atoms with Gasteiger partial charge in [0.05, 0.1) is 0 Å². The van der Waals surface area contributed by atoms with Crippen molar-refractivity contribution in [2.75, 3.05) is 0 Å². The number of carbonyl (C=O) groups is 1. The van der Waals surface area contributed by atoms with Crippen LogP contribution in [0.15, 0.2) is 0 Å². The van der Waals surface area contributed by atoms with E-state index in [0.717, 1.165) is 12.8 Å². The zero-order valence-electron chi connectivity index (χ0n) is 6.15. The van der Waals surface area contributed by atoms with Crippen molar-refractivity contribution in [1.82, 2.24) is 5.32 Å². The molecule has 2 rings (SSSR count). The highest BCUT2D eigenvalue weighted by atomic mass is 16.1. The van der Waals surface area contributed by atoms with E-state index in [2.05, 4.69) is 5.32 Å². The highest BCUT2D eigenvalue weighted by Gasteiger charge is 2.43. The molecular formula is C8H13NO. The van der Waals surface area contributed by atoms with E-state index in [9.17, 15) is 4.79 Å². The van der Waals surface area contributed by atoms with Crippen LogP contribution in [0.2, 0.25) is 0 Å². The zero-order chi connectivity index (χ0) is 7.03. The smallest absolute Gasteiger partial charge is 0.220 e. The summed E-state index contributed by atoms with van der Waals surface area (Å²) in [6.45, 7) is 0. The van der Waals surface area contributed by atoms with Gasteiger partial charge in [-0.25, -0.2) is 0 Å². The first-order valence-electron chi connectivity index (χ1n) is 4.12. The number of carbonyl (C=O) groups excluding carboxylic acids is 1. The molecule has 1 N–H and O–H groups in total. The number of hydrogen-bond acceptors (Lipinski definition) is 1. The molecule has 2 fully saturated rings. The van der Waals surface area contributed by atoms with E-state index in [-0.39, 0.29) is 11.4 Å². The summed E-state index contributed by atoms with van der Waals surface area (Å²) >= 11 is 0. The number of nitrogens with one attached hydrogen (secondary N) is 1. The minimum absolute atomic E-state index is 0.273. The Morgan fingerprint density at radius 2 is 2.00 bits per heavy atom. The van der Waals surface area contributed by atoms with Gasteiger partial charge in [-0.05, 0) is 25.7 Å². The van der Waals surface area contributed by atoms with E-state index >= 15 is 0 Å². The van der Waals surface area contributed by atoms with Crippen molar-refractivity contribution in [3.63, 3.8) is 0 Å². The van der Waals surface area contributed by atoms with Crippen LogP contribution >= 0.6 is 0 Å². The lowest BCUT2D eigenvalue weighted by Gasteiger charge is -2.11. The fourth-order valence-corrected chi connectivity index (χ4v) is 1.70. The molecule has 0 unspecified atom stereocenters. The molecule has 1 saturated carbocycles. The van der Waals surface area contributed by atoms with Crippen LogP contribution < -0.4 is 5.32 Å². The van der Waals surface area contributed by atoms with E-state index in [1.165, 1.54) is 25.7 Å². The molecule has 0 aromatic rings. The van der Waals surface area contributed by atoms with Crippen molar-refractivity contribution in [1.29, 1.82) is 0 Å². The highest BCUT2D eigenvalue weighted by molar-refractivity contribution is 5.77. The Kier molecular flexibility index (Phi) is 1.22. The lowest BCUT2D eigenvalue weighted by Crippen LogP contribution is -2.34. The van der Waals surface area contributed by atoms with Crippen LogP contribution in [0.25, 0.3) is 0 Å². The first-order chi connectivity index (χ1) is 4.81. The van der Waals surface area contributed by atoms with Gasteiger partial charge in [-0.2, -0.15) is 0 Å². The molecule has 0 aromatic carbocycles. The number of amides is 1. The minimum atomic E-state index is 0.273. The molecule has 2 heteroatoms. The van der Waals surface area contributed by atoms with E-state index in [1.807, 2.05) is 0 Å². The van der Waals surface area contributed by atoms with Crippen molar-refractivity contribution in [2.24, 2.45) is 0 Å². The second kappa shape index (κ2) is 1.97. The summed E-state index contributed by atoms with van der Waals surface area (Å²) in [5.41, 5.74) is 0.285. The molecule has 1 aliphatic carbocycles. The SMILES string of the molecule is O=C1CCCCC2(CC2)N1. The summed E-state index contributed by atoms with van der Waals surface area (Å²) in [5.74, 6) is 0.273. The Balaban J connectivity index is 2.03. The highest BCUT2D eigenvalue weighted by Crippen LogP contribution is 2.41. The van der Waals surface area contributed by atoms with Gasteiger partial charge in [0.25, 0.3) is 0 Å². The molecular weight excluding hydrogens is 126 g/mol. The van der Waals surface area contributed by atoms with Gasteiger partial charge >= 0.3 is 0 Å². The third-order valence-electron chi connectivity index (χ3n) is 2.57. The topological polar surface area (TPSA) is 29.1 Å². The molecule has 0 bridgehead atoms. The van der Waals surface area contributed by atoms with E-state index in [0.29, 0.717) is 0 Å². The summed E-state index contributed by atoms with van der Waals surface area (Å²) in [4.78, 5) is 11.0. The van der Waals surface area contributed by atoms with Crippen molar-refractivity contribution in [3.8, 4) is 0 Å². The quantitative estimate of drug-likeness (QED) is 0.537. The maximum absolute atomic E-state index is 11.0. The molecule has 1 aliphatic heterocycles. The molecule has 1 heterocycles. The van der Waals surface area contributed by atoms with Crippen LogP contribution in [-0.4, -0.2) is 11.4 Å². The third kappa shape index (κ3) is 1.02. The summed E-state index contributed by atoms with van der Waals surface area (Å²) in [6, 6.07) is 0. The molecule has 0 atom stereocenters. The average Bonchev–Trinajstić information content (AvgIpc) is 2.64. The Morgan fingerprint density at radius 1 is 1.20 bits per heavy atom. The van der Waals surface area contributed by atoms with Crippen molar-refractivity contribution >= 4 is 5.91 Å². The molecule has 1 amide bonds. The molecule has 2 nitrogen and oxygen atoms in total. The molecule has 0 radical (unpaired) electrons. The lowest BCUT2D eigenvalue weighted by molar-refractivity contribution is -0.121. The molecule has 0 aromatic heterocycles. The van der Waals surface area contributed by atoms with Crippen LogP contribution in [0.5, 0.6) is 0 Å². The monoisotopic (exact) mass is 139 g/mol. The van der Waals surface area contributed by atoms with Crippen LogP contribution in [0.1, 0.15) is 38.5 Å². The van der Waals surface area contributed by atoms with Gasteiger partial charge in [-0.15, -0.1) is 0 Å². The fourth-order valence-electron chi connectivity index (χ4n) is 1.70. The number of hydrogen-bond donors (Lipinski definition) is 1. The van der Waals surface area contributed by atoms with E-state index < -0.39 is 0 Å². The summed E-state index contributed by atoms with van der Waals surface area (Å²) in [7, 11) is 0. The Labute approximate surface area is 61.0 Å². The molecule has 10 heavy (non-hydrogen) atoms. The second-order valence-corrected chi connectivity index (χ2v) is 3.54. The fraction of sp³-hybridized carbons (Fsp3) is 0.875. The first-order valence-corrected chi connectivity index (χ1v) is 4.12. The van der Waals surface area contributed by atoms with Crippen molar-refractivity contribution in [2.45, 2.75) is 44.1 Å². The van der Waals surface area contributed by atoms with E-state index in [4.69, 9.17) is 0 Å². The van der Waals surface area contributed by atoms with Gasteiger partial charge in [-0.3, -0.25) is 4.79 Å². The lowest BCUT2D eigenvalue weighted by atomic mass is 10.1. The standard InChI is InChI=1S/C8H13NO/c10-7-3-1-2-4-8(9-7)5-6-8/h1-6H2,(H,9,10). The molecule has 1 spiro atoms. The van der Waals surface area contributed by atoms with Crippen LogP contribution in [-0.2, 0) is 4.79 Å². The summed E-state index contributed by atoms with van der Waals surface area (Å²) < 4.78 is 0. The van der Waals surface area contributed by atoms with E-state index in [1.54, 1.807) is 0 Å². The average molecular weight is 139 g/mol. The van der Waals surface area contributed by atoms with Gasteiger partial charge in [0.1, 0.15) is 0 Å².